The Kier molecular flexibility index (Phi) is 3.87. The van der Waals surface area contributed by atoms with Crippen LogP contribution in [0.5, 0.6) is 0 Å². The molecule has 0 amide bonds. The molecule has 0 N–H and O–H groups in total. The van der Waals surface area contributed by atoms with Crippen molar-refractivity contribution in [3.05, 3.63) is 48.1 Å². The van der Waals surface area contributed by atoms with E-state index in [1.54, 1.807) is 11.4 Å². The molecule has 0 spiro atoms. The molecular formula is C17H7F5N6OS. The van der Waals surface area contributed by atoms with Crippen LogP contribution in [0.15, 0.2) is 46.8 Å². The summed E-state index contributed by atoms with van der Waals surface area (Å²) in [7, 11) is 0. The first-order valence-corrected chi connectivity index (χ1v) is 9.08. The molecule has 5 aromatic heterocycles. The SMILES string of the molecule is FC(F)(F)C(F)(F)c1cc(-c2nccs2)c2ccc3nc(-c4nnco4)cn3c2n1. The summed E-state index contributed by atoms with van der Waals surface area (Å²) in [4.78, 5) is 12.0. The fourth-order valence-corrected chi connectivity index (χ4v) is 3.62. The number of rotatable bonds is 3. The van der Waals surface area contributed by atoms with Crippen molar-refractivity contribution < 1.29 is 26.4 Å². The highest BCUT2D eigenvalue weighted by Crippen LogP contribution is 2.45. The monoisotopic (exact) mass is 438 g/mol. The van der Waals surface area contributed by atoms with Gasteiger partial charge in [0.25, 0.3) is 5.89 Å². The highest BCUT2D eigenvalue weighted by molar-refractivity contribution is 7.13. The molecule has 0 aliphatic heterocycles. The topological polar surface area (TPSA) is 82.0 Å². The highest BCUT2D eigenvalue weighted by Gasteiger charge is 2.60. The molecule has 0 aliphatic rings. The van der Waals surface area contributed by atoms with Crippen LogP contribution in [0.3, 0.4) is 0 Å². The zero-order chi connectivity index (χ0) is 21.1. The van der Waals surface area contributed by atoms with Crippen molar-refractivity contribution in [1.29, 1.82) is 0 Å². The predicted molar refractivity (Wildman–Crippen MR) is 94.8 cm³/mol. The molecule has 152 valence electrons. The summed E-state index contributed by atoms with van der Waals surface area (Å²) in [6, 6.07) is 3.83. The molecule has 0 aliphatic carbocycles. The van der Waals surface area contributed by atoms with Crippen LogP contribution in [-0.4, -0.2) is 35.7 Å². The second-order valence-electron chi connectivity index (χ2n) is 6.13. The molecule has 0 fully saturated rings. The van der Waals surface area contributed by atoms with Gasteiger partial charge in [-0.3, -0.25) is 4.40 Å². The van der Waals surface area contributed by atoms with Gasteiger partial charge >= 0.3 is 12.1 Å². The van der Waals surface area contributed by atoms with Crippen LogP contribution >= 0.6 is 11.3 Å². The Morgan fingerprint density at radius 2 is 1.90 bits per heavy atom. The molecule has 13 heteroatoms. The minimum absolute atomic E-state index is 0.0590. The van der Waals surface area contributed by atoms with Gasteiger partial charge in [-0.25, -0.2) is 15.0 Å². The van der Waals surface area contributed by atoms with Gasteiger partial charge in [0.1, 0.15) is 27.7 Å². The third-order valence-electron chi connectivity index (χ3n) is 4.32. The van der Waals surface area contributed by atoms with Crippen molar-refractivity contribution in [2.45, 2.75) is 12.1 Å². The Morgan fingerprint density at radius 3 is 2.57 bits per heavy atom. The maximum atomic E-state index is 14.2. The molecule has 0 aromatic carbocycles. The second kappa shape index (κ2) is 6.26. The predicted octanol–water partition coefficient (Wildman–Crippen LogP) is 4.71. The van der Waals surface area contributed by atoms with Gasteiger partial charge < -0.3 is 4.42 Å². The van der Waals surface area contributed by atoms with E-state index < -0.39 is 17.8 Å². The summed E-state index contributed by atoms with van der Waals surface area (Å²) < 4.78 is 73.9. The van der Waals surface area contributed by atoms with Crippen molar-refractivity contribution >= 4 is 28.0 Å². The highest BCUT2D eigenvalue weighted by atomic mass is 32.1. The molecule has 30 heavy (non-hydrogen) atoms. The van der Waals surface area contributed by atoms with Gasteiger partial charge in [0.15, 0.2) is 0 Å². The van der Waals surface area contributed by atoms with E-state index in [9.17, 15) is 22.0 Å². The summed E-state index contributed by atoms with van der Waals surface area (Å²) >= 11 is 1.10. The Bertz CT molecular complexity index is 1360. The van der Waals surface area contributed by atoms with E-state index >= 15 is 0 Å². The largest absolute Gasteiger partial charge is 0.459 e. The van der Waals surface area contributed by atoms with E-state index in [1.165, 1.54) is 22.9 Å². The lowest BCUT2D eigenvalue weighted by molar-refractivity contribution is -0.290. The molecular weight excluding hydrogens is 431 g/mol. The van der Waals surface area contributed by atoms with Crippen LogP contribution in [0.4, 0.5) is 22.0 Å². The number of hydrogen-bond donors (Lipinski definition) is 0. The van der Waals surface area contributed by atoms with Gasteiger partial charge in [-0.05, 0) is 18.2 Å². The summed E-state index contributed by atoms with van der Waals surface area (Å²) in [5, 5.41) is 9.45. The van der Waals surface area contributed by atoms with Crippen molar-refractivity contribution in [2.75, 3.05) is 0 Å². The minimum atomic E-state index is -5.81. The van der Waals surface area contributed by atoms with E-state index in [4.69, 9.17) is 4.42 Å². The van der Waals surface area contributed by atoms with Gasteiger partial charge in [0, 0.05) is 28.7 Å². The van der Waals surface area contributed by atoms with E-state index in [-0.39, 0.29) is 33.5 Å². The zero-order valence-corrected chi connectivity index (χ0v) is 15.2. The van der Waals surface area contributed by atoms with Gasteiger partial charge in [0.2, 0.25) is 6.39 Å². The smallest absolute Gasteiger partial charge is 0.422 e. The van der Waals surface area contributed by atoms with Crippen molar-refractivity contribution in [3.8, 4) is 22.2 Å². The van der Waals surface area contributed by atoms with Crippen LogP contribution in [-0.2, 0) is 5.92 Å². The molecule has 5 aromatic rings. The third-order valence-corrected chi connectivity index (χ3v) is 5.12. The van der Waals surface area contributed by atoms with E-state index in [1.807, 2.05) is 0 Å². The van der Waals surface area contributed by atoms with Crippen LogP contribution in [0.2, 0.25) is 0 Å². The number of hydrogen-bond acceptors (Lipinski definition) is 7. The average Bonchev–Trinajstić information content (AvgIpc) is 3.47. The number of alkyl halides is 5. The minimum Gasteiger partial charge on any atom is -0.422 e. The lowest BCUT2D eigenvalue weighted by atomic mass is 10.1. The van der Waals surface area contributed by atoms with Crippen LogP contribution in [0.25, 0.3) is 38.8 Å². The maximum Gasteiger partial charge on any atom is 0.459 e. The van der Waals surface area contributed by atoms with Gasteiger partial charge in [-0.15, -0.1) is 21.5 Å². The van der Waals surface area contributed by atoms with E-state index in [2.05, 4.69) is 25.1 Å². The lowest BCUT2D eigenvalue weighted by Crippen LogP contribution is -2.34. The van der Waals surface area contributed by atoms with Crippen molar-refractivity contribution in [1.82, 2.24) is 29.5 Å². The van der Waals surface area contributed by atoms with Crippen molar-refractivity contribution in [2.24, 2.45) is 0 Å². The maximum absolute atomic E-state index is 14.2. The Hall–Kier alpha value is -3.48. The fourth-order valence-electron chi connectivity index (χ4n) is 2.96. The fraction of sp³-hybridized carbons (Fsp3) is 0.118. The molecule has 7 nitrogen and oxygen atoms in total. The molecule has 5 rings (SSSR count). The molecule has 0 unspecified atom stereocenters. The first kappa shape index (κ1) is 18.5. The normalized spacial score (nSPS) is 12.8. The number of thiazole rings is 1. The lowest BCUT2D eigenvalue weighted by Gasteiger charge is -2.20. The number of imidazole rings is 1. The number of fused-ring (bicyclic) bond motifs is 3. The Morgan fingerprint density at radius 1 is 1.07 bits per heavy atom. The standard InChI is InChI=1S/C17H7F5N6OS/c18-16(19,17(20,21)22)11-5-9(15-23-3-4-30-15)8-1-2-12-25-10(14-27-24-7-29-14)6-28(12)13(8)26-11/h1-7H. The van der Waals surface area contributed by atoms with E-state index in [0.29, 0.717) is 5.39 Å². The second-order valence-corrected chi connectivity index (χ2v) is 7.03. The van der Waals surface area contributed by atoms with Gasteiger partial charge in [0.05, 0.1) is 0 Å². The van der Waals surface area contributed by atoms with Gasteiger partial charge in [-0.1, -0.05) is 0 Å². The Labute approximate surface area is 166 Å². The first-order valence-electron chi connectivity index (χ1n) is 8.20. The molecule has 0 radical (unpaired) electrons. The quantitative estimate of drug-likeness (QED) is 0.380. The molecule has 5 heterocycles. The molecule has 0 bridgehead atoms. The molecule has 0 saturated carbocycles. The summed E-state index contributed by atoms with van der Waals surface area (Å²) in [6.45, 7) is 0. The van der Waals surface area contributed by atoms with Crippen LogP contribution < -0.4 is 0 Å². The Balaban J connectivity index is 1.85. The van der Waals surface area contributed by atoms with Crippen LogP contribution in [0.1, 0.15) is 5.69 Å². The van der Waals surface area contributed by atoms with E-state index in [0.717, 1.165) is 23.8 Å². The van der Waals surface area contributed by atoms with Gasteiger partial charge in [-0.2, -0.15) is 22.0 Å². The molecule has 0 saturated heterocycles. The van der Waals surface area contributed by atoms with Crippen LogP contribution in [0, 0.1) is 0 Å². The zero-order valence-electron chi connectivity index (χ0n) is 14.4. The number of pyridine rings is 2. The summed E-state index contributed by atoms with van der Waals surface area (Å²) in [5.41, 5.74) is -1.01. The summed E-state index contributed by atoms with van der Waals surface area (Å²) in [6.07, 6.45) is -1.93. The first-order chi connectivity index (χ1) is 14.3. The number of nitrogens with zero attached hydrogens (tertiary/aromatic N) is 6. The summed E-state index contributed by atoms with van der Waals surface area (Å²) in [5.74, 6) is -5.10. The third kappa shape index (κ3) is 2.73. The average molecular weight is 438 g/mol. The van der Waals surface area contributed by atoms with Crippen molar-refractivity contribution in [3.63, 3.8) is 0 Å². The molecule has 0 atom stereocenters. The number of aromatic nitrogens is 6. The number of halogens is 5.